The summed E-state index contributed by atoms with van der Waals surface area (Å²) in [5.74, 6) is 1.07. The van der Waals surface area contributed by atoms with Crippen molar-refractivity contribution in [2.75, 3.05) is 19.3 Å². The molecule has 1 atom stereocenters. The number of benzene rings is 2. The van der Waals surface area contributed by atoms with E-state index in [-0.39, 0.29) is 31.2 Å². The van der Waals surface area contributed by atoms with Gasteiger partial charge in [-0.05, 0) is 49.2 Å². The van der Waals surface area contributed by atoms with E-state index in [1.807, 2.05) is 31.2 Å². The highest BCUT2D eigenvalue weighted by Gasteiger charge is 2.29. The summed E-state index contributed by atoms with van der Waals surface area (Å²) in [5, 5.41) is 0.466. The molecule has 1 aliphatic heterocycles. The van der Waals surface area contributed by atoms with Gasteiger partial charge >= 0.3 is 0 Å². The zero-order valence-corrected chi connectivity index (χ0v) is 21.7. The van der Waals surface area contributed by atoms with Gasteiger partial charge in [0.2, 0.25) is 15.9 Å². The van der Waals surface area contributed by atoms with Gasteiger partial charge in [-0.15, -0.1) is 0 Å². The molecule has 0 bridgehead atoms. The van der Waals surface area contributed by atoms with E-state index in [2.05, 4.69) is 15.0 Å². The molecule has 11 heteroatoms. The van der Waals surface area contributed by atoms with Gasteiger partial charge < -0.3 is 14.5 Å². The molecule has 0 unspecified atom stereocenters. The van der Waals surface area contributed by atoms with Crippen LogP contribution in [0.4, 0.5) is 4.39 Å². The topological polar surface area (TPSA) is 97.4 Å². The van der Waals surface area contributed by atoms with Crippen molar-refractivity contribution >= 4 is 34.4 Å². The molecule has 0 saturated carbocycles. The first-order valence-electron chi connectivity index (χ1n) is 11.2. The molecule has 36 heavy (non-hydrogen) atoms. The van der Waals surface area contributed by atoms with Gasteiger partial charge in [0.1, 0.15) is 17.7 Å². The predicted octanol–water partition coefficient (Wildman–Crippen LogP) is 4.31. The molecule has 2 aromatic carbocycles. The van der Waals surface area contributed by atoms with Gasteiger partial charge in [-0.25, -0.2) is 17.8 Å². The molecule has 0 radical (unpaired) electrons. The number of hydrogen-bond acceptors (Lipinski definition) is 6. The number of aryl methyl sites for hydroxylation is 1. The number of nitrogens with zero attached hydrogens (tertiary/aromatic N) is 3. The van der Waals surface area contributed by atoms with Crippen LogP contribution in [0.15, 0.2) is 54.7 Å². The third-order valence-electron chi connectivity index (χ3n) is 5.87. The van der Waals surface area contributed by atoms with Gasteiger partial charge in [0.25, 0.3) is 0 Å². The molecular weight excluding hydrogens is 503 g/mol. The number of ether oxygens (including phenoxy) is 2. The van der Waals surface area contributed by atoms with Crippen molar-refractivity contribution in [3.63, 3.8) is 0 Å². The highest BCUT2D eigenvalue weighted by molar-refractivity contribution is 7.88. The van der Waals surface area contributed by atoms with Crippen LogP contribution in [0, 0.1) is 12.7 Å². The van der Waals surface area contributed by atoms with Crippen LogP contribution in [0.5, 0.6) is 17.4 Å². The molecule has 1 aliphatic rings. The number of nitrogens with one attached hydrogen (secondary N) is 1. The Kier molecular flexibility index (Phi) is 7.53. The largest absolute Gasteiger partial charge is 0.489 e. The Balaban J connectivity index is 0.00000304. The second kappa shape index (κ2) is 10.5. The summed E-state index contributed by atoms with van der Waals surface area (Å²) in [5.41, 5.74) is 2.50. The number of H-pyrrole nitrogens is 1. The van der Waals surface area contributed by atoms with Crippen molar-refractivity contribution in [2.24, 2.45) is 0 Å². The van der Waals surface area contributed by atoms with E-state index in [0.29, 0.717) is 48.4 Å². The average molecular weight is 531 g/mol. The van der Waals surface area contributed by atoms with Crippen LogP contribution in [0.3, 0.4) is 0 Å². The standard InChI is InChI=1S/C25H25FN4O4S.H2S/c1-16-12-20-21(28-16)6-7-22(25(20)26)34-24-8-10-27-23(29-24)14-17-4-3-5-18(13-17)33-19-9-11-30(15-19)35(2,31)32;/h3-8,10,12-13,19,28H,9,11,14-15H2,1-2H3;1H2/t19-;/m0./s1. The number of fused-ring (bicyclic) bond motifs is 1. The molecule has 1 saturated heterocycles. The molecule has 0 amide bonds. The maximum Gasteiger partial charge on any atom is 0.222 e. The van der Waals surface area contributed by atoms with Gasteiger partial charge in [0.05, 0.1) is 12.8 Å². The summed E-state index contributed by atoms with van der Waals surface area (Å²) >= 11 is 0. The lowest BCUT2D eigenvalue weighted by atomic mass is 10.1. The lowest BCUT2D eigenvalue weighted by molar-refractivity contribution is 0.215. The normalized spacial score (nSPS) is 16.1. The summed E-state index contributed by atoms with van der Waals surface area (Å²) in [6.07, 6.45) is 3.66. The van der Waals surface area contributed by atoms with Crippen molar-refractivity contribution < 1.29 is 22.3 Å². The van der Waals surface area contributed by atoms with Crippen LogP contribution in [0.2, 0.25) is 0 Å². The predicted molar refractivity (Wildman–Crippen MR) is 140 cm³/mol. The number of sulfonamides is 1. The number of rotatable bonds is 7. The molecule has 4 aromatic rings. The Morgan fingerprint density at radius 1 is 1.19 bits per heavy atom. The zero-order valence-electron chi connectivity index (χ0n) is 19.9. The minimum Gasteiger partial charge on any atom is -0.489 e. The molecular formula is C25H27FN4O4S2. The molecule has 3 heterocycles. The molecule has 0 spiro atoms. The van der Waals surface area contributed by atoms with Gasteiger partial charge in [-0.3, -0.25) is 0 Å². The van der Waals surface area contributed by atoms with Crippen molar-refractivity contribution in [1.29, 1.82) is 0 Å². The first-order chi connectivity index (χ1) is 16.7. The Bertz CT molecular complexity index is 1490. The maximum absolute atomic E-state index is 14.9. The lowest BCUT2D eigenvalue weighted by Crippen LogP contribution is -2.29. The van der Waals surface area contributed by atoms with Crippen LogP contribution in [0.25, 0.3) is 10.9 Å². The molecule has 0 aliphatic carbocycles. The van der Waals surface area contributed by atoms with E-state index in [1.165, 1.54) is 10.6 Å². The molecule has 5 rings (SSSR count). The van der Waals surface area contributed by atoms with Crippen molar-refractivity contribution in [3.05, 3.63) is 77.6 Å². The lowest BCUT2D eigenvalue weighted by Gasteiger charge is -2.15. The van der Waals surface area contributed by atoms with Crippen LogP contribution in [0.1, 0.15) is 23.5 Å². The van der Waals surface area contributed by atoms with Crippen LogP contribution in [-0.2, 0) is 16.4 Å². The van der Waals surface area contributed by atoms with Crippen molar-refractivity contribution in [3.8, 4) is 17.4 Å². The van der Waals surface area contributed by atoms with Crippen molar-refractivity contribution in [1.82, 2.24) is 19.3 Å². The summed E-state index contributed by atoms with van der Waals surface area (Å²) in [4.78, 5) is 11.9. The smallest absolute Gasteiger partial charge is 0.222 e. The first kappa shape index (κ1) is 25.9. The molecule has 190 valence electrons. The van der Waals surface area contributed by atoms with Gasteiger partial charge in [-0.2, -0.15) is 22.8 Å². The van der Waals surface area contributed by atoms with E-state index >= 15 is 0 Å². The Morgan fingerprint density at radius 2 is 2.03 bits per heavy atom. The van der Waals surface area contributed by atoms with Crippen molar-refractivity contribution in [2.45, 2.75) is 25.9 Å². The second-order valence-corrected chi connectivity index (χ2v) is 10.7. The minimum absolute atomic E-state index is 0. The Labute approximate surface area is 216 Å². The van der Waals surface area contributed by atoms with E-state index in [4.69, 9.17) is 9.47 Å². The summed E-state index contributed by atoms with van der Waals surface area (Å²) in [7, 11) is -3.22. The van der Waals surface area contributed by atoms with E-state index < -0.39 is 15.8 Å². The summed E-state index contributed by atoms with van der Waals surface area (Å²) < 4.78 is 51.5. The quantitative estimate of drug-likeness (QED) is 0.382. The zero-order chi connectivity index (χ0) is 24.6. The van der Waals surface area contributed by atoms with E-state index in [9.17, 15) is 12.8 Å². The fourth-order valence-electron chi connectivity index (χ4n) is 4.20. The average Bonchev–Trinajstić information content (AvgIpc) is 3.43. The summed E-state index contributed by atoms with van der Waals surface area (Å²) in [6, 6.07) is 14.2. The van der Waals surface area contributed by atoms with Crippen LogP contribution >= 0.6 is 13.5 Å². The summed E-state index contributed by atoms with van der Waals surface area (Å²) in [6.45, 7) is 2.67. The first-order valence-corrected chi connectivity index (χ1v) is 13.1. The van der Waals surface area contributed by atoms with Gasteiger partial charge in [0, 0.05) is 41.8 Å². The SMILES string of the molecule is Cc1cc2c(F)c(Oc3ccnc(Cc4cccc(O[C@H]5CCN(S(C)(=O)=O)C5)c4)n3)ccc2[nH]1.S. The Hall–Kier alpha value is -3.15. The number of hydrogen-bond donors (Lipinski definition) is 1. The second-order valence-electron chi connectivity index (χ2n) is 8.68. The fraction of sp³-hybridized carbons (Fsp3) is 0.280. The van der Waals surface area contributed by atoms with Gasteiger partial charge in [0.15, 0.2) is 11.6 Å². The van der Waals surface area contributed by atoms with Gasteiger partial charge in [-0.1, -0.05) is 12.1 Å². The number of halogens is 1. The molecule has 1 N–H and O–H groups in total. The van der Waals surface area contributed by atoms with Crippen LogP contribution < -0.4 is 9.47 Å². The molecule has 1 fully saturated rings. The highest BCUT2D eigenvalue weighted by atomic mass is 32.2. The fourth-order valence-corrected chi connectivity index (χ4v) is 5.07. The number of aromatic amines is 1. The van der Waals surface area contributed by atoms with E-state index in [0.717, 1.165) is 11.3 Å². The monoisotopic (exact) mass is 530 g/mol. The number of aromatic nitrogens is 3. The Morgan fingerprint density at radius 3 is 2.81 bits per heavy atom. The van der Waals surface area contributed by atoms with Crippen LogP contribution in [-0.4, -0.2) is 53.1 Å². The third-order valence-corrected chi connectivity index (χ3v) is 7.14. The van der Waals surface area contributed by atoms with E-state index in [1.54, 1.807) is 30.5 Å². The highest BCUT2D eigenvalue weighted by Crippen LogP contribution is 2.30. The maximum atomic E-state index is 14.9. The minimum atomic E-state index is -3.22. The molecule has 2 aromatic heterocycles. The molecule has 8 nitrogen and oxygen atoms in total. The third kappa shape index (κ3) is 5.80.